The summed E-state index contributed by atoms with van der Waals surface area (Å²) < 4.78 is 5.96. The van der Waals surface area contributed by atoms with Gasteiger partial charge in [-0.25, -0.2) is 9.97 Å². The number of rotatable bonds is 8. The summed E-state index contributed by atoms with van der Waals surface area (Å²) in [6.07, 6.45) is 6.95. The highest BCUT2D eigenvalue weighted by molar-refractivity contribution is 5.92. The zero-order valence-corrected chi connectivity index (χ0v) is 18.9. The van der Waals surface area contributed by atoms with Gasteiger partial charge in [0, 0.05) is 23.3 Å². The van der Waals surface area contributed by atoms with Gasteiger partial charge in [-0.15, -0.1) is 0 Å². The van der Waals surface area contributed by atoms with Crippen molar-refractivity contribution in [3.63, 3.8) is 0 Å². The first kappa shape index (κ1) is 22.9. The number of amides is 1. The van der Waals surface area contributed by atoms with Gasteiger partial charge in [-0.2, -0.15) is 0 Å². The molecular formula is C26H25N5O3. The molecule has 3 N–H and O–H groups in total. The maximum absolute atomic E-state index is 11.1. The molecule has 4 aromatic rings. The Balaban J connectivity index is 1.51. The Morgan fingerprint density at radius 2 is 1.94 bits per heavy atom. The molecular weight excluding hydrogens is 430 g/mol. The molecule has 0 bridgehead atoms. The smallest absolute Gasteiger partial charge is 0.245 e. The van der Waals surface area contributed by atoms with Gasteiger partial charge in [0.05, 0.1) is 11.7 Å². The number of fused-ring (bicyclic) bond motifs is 1. The van der Waals surface area contributed by atoms with Crippen LogP contribution in [0.1, 0.15) is 16.8 Å². The molecule has 0 unspecified atom stereocenters. The van der Waals surface area contributed by atoms with E-state index in [1.54, 1.807) is 6.20 Å². The van der Waals surface area contributed by atoms with E-state index in [9.17, 15) is 4.79 Å². The van der Waals surface area contributed by atoms with Gasteiger partial charge in [-0.05, 0) is 67.4 Å². The molecule has 172 valence electrons. The van der Waals surface area contributed by atoms with Crippen molar-refractivity contribution in [2.45, 2.75) is 13.8 Å². The predicted molar refractivity (Wildman–Crippen MR) is 132 cm³/mol. The van der Waals surface area contributed by atoms with Crippen molar-refractivity contribution in [2.24, 2.45) is 0 Å². The van der Waals surface area contributed by atoms with Crippen molar-refractivity contribution >= 4 is 34.4 Å². The number of pyridine rings is 1. The van der Waals surface area contributed by atoms with Crippen LogP contribution in [-0.2, 0) is 4.79 Å². The van der Waals surface area contributed by atoms with Crippen LogP contribution in [0.3, 0.4) is 0 Å². The first-order valence-corrected chi connectivity index (χ1v) is 10.8. The monoisotopic (exact) mass is 455 g/mol. The maximum atomic E-state index is 11.1. The minimum Gasteiger partial charge on any atom is -0.455 e. The zero-order chi connectivity index (χ0) is 23.9. The molecule has 0 atom stereocenters. The molecule has 2 aromatic heterocycles. The average molecular weight is 456 g/mol. The normalized spacial score (nSPS) is 11.0. The minimum absolute atomic E-state index is 0.334. The second kappa shape index (κ2) is 10.5. The third-order valence-electron chi connectivity index (χ3n) is 5.08. The van der Waals surface area contributed by atoms with E-state index in [2.05, 4.69) is 25.6 Å². The lowest BCUT2D eigenvalue weighted by Gasteiger charge is -2.12. The van der Waals surface area contributed by atoms with Gasteiger partial charge in [0.1, 0.15) is 30.3 Å². The number of carbonyl (C=O) groups is 1. The Labute approximate surface area is 197 Å². The first-order valence-electron chi connectivity index (χ1n) is 10.8. The number of hydrogen-bond donors (Lipinski definition) is 3. The summed E-state index contributed by atoms with van der Waals surface area (Å²) in [6, 6.07) is 15.5. The van der Waals surface area contributed by atoms with Crippen LogP contribution in [0.25, 0.3) is 17.0 Å². The fraction of sp³-hybridized carbons (Fsp3) is 0.154. The topological polar surface area (TPSA) is 109 Å². The van der Waals surface area contributed by atoms with Crippen molar-refractivity contribution in [3.05, 3.63) is 84.0 Å². The van der Waals surface area contributed by atoms with Crippen LogP contribution in [0.4, 0.5) is 11.5 Å². The Bertz CT molecular complexity index is 1340. The number of benzene rings is 2. The van der Waals surface area contributed by atoms with E-state index in [4.69, 9.17) is 9.84 Å². The van der Waals surface area contributed by atoms with E-state index in [1.807, 2.05) is 74.5 Å². The van der Waals surface area contributed by atoms with Crippen LogP contribution in [0, 0.1) is 13.8 Å². The van der Waals surface area contributed by atoms with E-state index < -0.39 is 12.5 Å². The maximum Gasteiger partial charge on any atom is 0.245 e. The van der Waals surface area contributed by atoms with Gasteiger partial charge in [0.2, 0.25) is 5.91 Å². The number of aliphatic hydroxyl groups excluding tert-OH is 1. The van der Waals surface area contributed by atoms with Crippen LogP contribution in [0.2, 0.25) is 0 Å². The van der Waals surface area contributed by atoms with Gasteiger partial charge in [-0.1, -0.05) is 18.2 Å². The molecule has 0 saturated heterocycles. The molecule has 8 nitrogen and oxygen atoms in total. The number of carbonyl (C=O) groups excluding carboxylic acids is 1. The highest BCUT2D eigenvalue weighted by Gasteiger charge is 2.08. The summed E-state index contributed by atoms with van der Waals surface area (Å²) in [4.78, 5) is 24.2. The SMILES string of the molecule is Cc1ccc(Oc2ccc(Nc3ncnc4ccc(C=CCNC(=O)CO)cc34)cc2C)cn1. The molecule has 0 spiro atoms. The second-order valence-electron chi connectivity index (χ2n) is 7.71. The van der Waals surface area contributed by atoms with E-state index in [1.165, 1.54) is 6.33 Å². The van der Waals surface area contributed by atoms with Gasteiger partial charge in [0.15, 0.2) is 0 Å². The lowest BCUT2D eigenvalue weighted by atomic mass is 10.1. The van der Waals surface area contributed by atoms with E-state index in [-0.39, 0.29) is 0 Å². The molecule has 0 aliphatic carbocycles. The predicted octanol–water partition coefficient (Wildman–Crippen LogP) is 4.30. The van der Waals surface area contributed by atoms with Crippen molar-refractivity contribution in [1.82, 2.24) is 20.3 Å². The van der Waals surface area contributed by atoms with Crippen molar-refractivity contribution in [2.75, 3.05) is 18.5 Å². The standard InChI is InChI=1S/C26H25N5O3/c1-17-12-20(7-10-24(17)34-21-8-5-18(2)28-14-21)31-26-22-13-19(4-3-11-27-25(33)15-32)6-9-23(22)29-16-30-26/h3-10,12-14,16,32H,11,15H2,1-2H3,(H,27,33)(H,29,30,31). The van der Waals surface area contributed by atoms with E-state index in [0.29, 0.717) is 18.1 Å². The Hall–Kier alpha value is -4.30. The number of aryl methyl sites for hydroxylation is 2. The van der Waals surface area contributed by atoms with Crippen molar-refractivity contribution < 1.29 is 14.6 Å². The van der Waals surface area contributed by atoms with E-state index >= 15 is 0 Å². The molecule has 0 radical (unpaired) electrons. The largest absolute Gasteiger partial charge is 0.455 e. The molecule has 0 aliphatic heterocycles. The second-order valence-corrected chi connectivity index (χ2v) is 7.71. The molecule has 0 saturated carbocycles. The highest BCUT2D eigenvalue weighted by Crippen LogP contribution is 2.30. The third kappa shape index (κ3) is 5.73. The quantitative estimate of drug-likeness (QED) is 0.363. The number of nitrogens with zero attached hydrogens (tertiary/aromatic N) is 3. The fourth-order valence-electron chi connectivity index (χ4n) is 3.32. The molecule has 2 aromatic carbocycles. The average Bonchev–Trinajstić information content (AvgIpc) is 2.85. The Morgan fingerprint density at radius 1 is 1.06 bits per heavy atom. The Kier molecular flexibility index (Phi) is 7.10. The number of ether oxygens (including phenoxy) is 1. The summed E-state index contributed by atoms with van der Waals surface area (Å²) in [7, 11) is 0. The molecule has 0 aliphatic rings. The van der Waals surface area contributed by atoms with Crippen molar-refractivity contribution in [3.8, 4) is 11.5 Å². The molecule has 8 heteroatoms. The van der Waals surface area contributed by atoms with Crippen LogP contribution >= 0.6 is 0 Å². The Morgan fingerprint density at radius 3 is 2.71 bits per heavy atom. The number of aliphatic hydroxyl groups is 1. The minimum atomic E-state index is -0.522. The summed E-state index contributed by atoms with van der Waals surface area (Å²) in [5, 5.41) is 15.6. The summed E-state index contributed by atoms with van der Waals surface area (Å²) >= 11 is 0. The first-order chi connectivity index (χ1) is 16.5. The van der Waals surface area contributed by atoms with Gasteiger partial charge < -0.3 is 20.5 Å². The van der Waals surface area contributed by atoms with Gasteiger partial charge in [-0.3, -0.25) is 9.78 Å². The summed E-state index contributed by atoms with van der Waals surface area (Å²) in [5.41, 5.74) is 4.53. The van der Waals surface area contributed by atoms with Gasteiger partial charge in [0.25, 0.3) is 0 Å². The van der Waals surface area contributed by atoms with Crippen LogP contribution in [-0.4, -0.2) is 39.1 Å². The summed E-state index contributed by atoms with van der Waals surface area (Å²) in [5.74, 6) is 1.71. The zero-order valence-electron chi connectivity index (χ0n) is 18.9. The van der Waals surface area contributed by atoms with Crippen LogP contribution in [0.15, 0.2) is 67.1 Å². The summed E-state index contributed by atoms with van der Waals surface area (Å²) in [6.45, 7) is 3.73. The van der Waals surface area contributed by atoms with Crippen LogP contribution in [0.5, 0.6) is 11.5 Å². The van der Waals surface area contributed by atoms with Crippen molar-refractivity contribution in [1.29, 1.82) is 0 Å². The molecule has 34 heavy (non-hydrogen) atoms. The van der Waals surface area contributed by atoms with Gasteiger partial charge >= 0.3 is 0 Å². The number of aromatic nitrogens is 3. The fourth-order valence-corrected chi connectivity index (χ4v) is 3.32. The lowest BCUT2D eigenvalue weighted by molar-refractivity contribution is -0.123. The van der Waals surface area contributed by atoms with E-state index in [0.717, 1.165) is 39.2 Å². The highest BCUT2D eigenvalue weighted by atomic mass is 16.5. The number of anilines is 2. The number of hydrogen-bond acceptors (Lipinski definition) is 7. The molecule has 4 rings (SSSR count). The molecule has 2 heterocycles. The number of nitrogens with one attached hydrogen (secondary N) is 2. The lowest BCUT2D eigenvalue weighted by Crippen LogP contribution is -2.25. The molecule has 0 fully saturated rings. The molecule has 1 amide bonds. The van der Waals surface area contributed by atoms with Crippen LogP contribution < -0.4 is 15.4 Å². The third-order valence-corrected chi connectivity index (χ3v) is 5.08.